The first-order valence-corrected chi connectivity index (χ1v) is 41.1. The number of piperidine rings is 4. The smallest absolute Gasteiger partial charge is 0.490 e. The zero-order valence-corrected chi connectivity index (χ0v) is 72.5. The van der Waals surface area contributed by atoms with Crippen LogP contribution in [0.25, 0.3) is 0 Å². The SMILES string of the molecule is CCOC(=O)c1nnn(Cc2ccc(OC)cc2)c1OC1CCN(c2cc(Cl)ccc2C)CC1.COc1ccc(Cn2nnc(C(=O)O)c2OC2CCN(c3cc(Cl)ccc3C)CC2)cc1.Cc1ccc(Cl)cc1Br.Cc1ccc(Cl)cc1N1CCC(O)CC1.Cc1ccc(Cl)cc1N1CCC(Oc2nn[nH]c2C(=O)O)CC1.O=C(O)C(F)(F)F. The number of carbonyl (C=O) groups excluding carboxylic acids is 1. The Labute approximate surface area is 726 Å². The molecule has 0 atom stereocenters. The molecule has 4 aliphatic rings. The number of nitrogens with zero attached hydrogens (tertiary/aromatic N) is 12. The van der Waals surface area contributed by atoms with Gasteiger partial charge in [0.2, 0.25) is 28.8 Å². The maximum atomic E-state index is 12.5. The number of alkyl halides is 3. The minimum absolute atomic E-state index is 0.0508. The van der Waals surface area contributed by atoms with Gasteiger partial charge in [0.25, 0.3) is 5.88 Å². The molecule has 642 valence electrons. The van der Waals surface area contributed by atoms with E-state index in [-0.39, 0.29) is 59.9 Å². The molecular weight excluding hydrogens is 1730 g/mol. The monoisotopic (exact) mass is 1820 g/mol. The predicted molar refractivity (Wildman–Crippen MR) is 458 cm³/mol. The number of rotatable bonds is 20. The third-order valence-corrected chi connectivity index (χ3v) is 21.8. The number of carbonyl (C=O) groups is 4. The largest absolute Gasteiger partial charge is 0.497 e. The minimum atomic E-state index is -5.08. The summed E-state index contributed by atoms with van der Waals surface area (Å²) in [6.07, 6.45) is 0.860. The Bertz CT molecular complexity index is 5040. The summed E-state index contributed by atoms with van der Waals surface area (Å²) >= 11 is 33.5. The van der Waals surface area contributed by atoms with E-state index in [2.05, 4.69) is 99.3 Å². The molecule has 0 spiro atoms. The van der Waals surface area contributed by atoms with Gasteiger partial charge in [-0.3, -0.25) is 0 Å². The van der Waals surface area contributed by atoms with E-state index in [1.807, 2.05) is 146 Å². The van der Waals surface area contributed by atoms with Crippen molar-refractivity contribution in [1.29, 1.82) is 0 Å². The molecule has 10 aromatic rings. The highest BCUT2D eigenvalue weighted by molar-refractivity contribution is 9.10. The third kappa shape index (κ3) is 27.4. The molecule has 0 bridgehead atoms. The Morgan fingerprint density at radius 1 is 0.475 bits per heavy atom. The number of aliphatic carboxylic acids is 1. The van der Waals surface area contributed by atoms with Gasteiger partial charge < -0.3 is 68.4 Å². The lowest BCUT2D eigenvalue weighted by atomic mass is 10.1. The third-order valence-electron chi connectivity index (χ3n) is 19.8. The number of halogens is 9. The van der Waals surface area contributed by atoms with Crippen LogP contribution in [0.3, 0.4) is 0 Å². The number of anilines is 4. The van der Waals surface area contributed by atoms with E-state index in [4.69, 9.17) is 101 Å². The number of hydrogen-bond donors (Lipinski definition) is 5. The van der Waals surface area contributed by atoms with Crippen molar-refractivity contribution in [2.24, 2.45) is 0 Å². The number of aliphatic hydroxyl groups is 1. The first-order chi connectivity index (χ1) is 57.3. The highest BCUT2D eigenvalue weighted by atomic mass is 79.9. The fourth-order valence-electron chi connectivity index (χ4n) is 13.2. The Balaban J connectivity index is 0.000000176. The molecule has 0 radical (unpaired) electrons. The number of nitrogens with one attached hydrogen (secondary N) is 1. The molecular formula is C84H94BrCl5F3N13O14. The Hall–Kier alpha value is -10.3. The van der Waals surface area contributed by atoms with Gasteiger partial charge in [0.05, 0.1) is 40.0 Å². The lowest BCUT2D eigenvalue weighted by Gasteiger charge is -2.34. The number of aryl methyl sites for hydroxylation is 5. The maximum Gasteiger partial charge on any atom is 0.490 e. The van der Waals surface area contributed by atoms with Gasteiger partial charge in [0, 0.05) is 143 Å². The number of methoxy groups -OCH3 is 2. The van der Waals surface area contributed by atoms with Crippen LogP contribution in [0.15, 0.2) is 144 Å². The number of carboxylic acid groups (broad SMARTS) is 3. The van der Waals surface area contributed by atoms with Crippen LogP contribution in [0.2, 0.25) is 25.1 Å². The maximum absolute atomic E-state index is 12.5. The normalized spacial score (nSPS) is 14.5. The van der Waals surface area contributed by atoms with Crippen molar-refractivity contribution in [2.45, 2.75) is 137 Å². The highest BCUT2D eigenvalue weighted by Gasteiger charge is 2.38. The highest BCUT2D eigenvalue weighted by Crippen LogP contribution is 2.35. The molecule has 5 N–H and O–H groups in total. The predicted octanol–water partition coefficient (Wildman–Crippen LogP) is 17.7. The van der Waals surface area contributed by atoms with E-state index in [0.717, 1.165) is 168 Å². The average Bonchev–Trinajstić information content (AvgIpc) is 1.62. The van der Waals surface area contributed by atoms with Crippen molar-refractivity contribution in [1.82, 2.24) is 45.4 Å². The molecule has 0 amide bonds. The van der Waals surface area contributed by atoms with Crippen molar-refractivity contribution in [3.8, 4) is 29.1 Å². The molecule has 36 heteroatoms. The van der Waals surface area contributed by atoms with Crippen molar-refractivity contribution in [3.63, 3.8) is 0 Å². The lowest BCUT2D eigenvalue weighted by Crippen LogP contribution is -2.39. The topological polar surface area (TPSA) is 321 Å². The fourth-order valence-corrected chi connectivity index (χ4v) is 14.6. The summed E-state index contributed by atoms with van der Waals surface area (Å²) < 4.78 is 69.7. The lowest BCUT2D eigenvalue weighted by molar-refractivity contribution is -0.192. The molecule has 4 aliphatic heterocycles. The molecule has 3 aromatic heterocycles. The molecule has 0 unspecified atom stereocenters. The number of ether oxygens (including phenoxy) is 6. The number of aromatic carboxylic acids is 2. The van der Waals surface area contributed by atoms with Gasteiger partial charge in [-0.2, -0.15) is 13.2 Å². The summed E-state index contributed by atoms with van der Waals surface area (Å²) in [7, 11) is 3.24. The van der Waals surface area contributed by atoms with Crippen LogP contribution in [0.4, 0.5) is 35.9 Å². The van der Waals surface area contributed by atoms with Crippen LogP contribution in [-0.2, 0) is 22.6 Å². The van der Waals surface area contributed by atoms with E-state index in [0.29, 0.717) is 24.0 Å². The van der Waals surface area contributed by atoms with Crippen LogP contribution in [-0.4, -0.2) is 193 Å². The minimum Gasteiger partial charge on any atom is -0.497 e. The molecule has 0 saturated carbocycles. The number of esters is 1. The Morgan fingerprint density at radius 3 is 1.13 bits per heavy atom. The molecule has 14 rings (SSSR count). The molecule has 4 fully saturated rings. The zero-order chi connectivity index (χ0) is 86.9. The van der Waals surface area contributed by atoms with Crippen molar-refractivity contribution < 1.29 is 81.2 Å². The van der Waals surface area contributed by atoms with E-state index in [1.54, 1.807) is 25.8 Å². The first kappa shape index (κ1) is 93.6. The van der Waals surface area contributed by atoms with Crippen LogP contribution < -0.4 is 43.3 Å². The van der Waals surface area contributed by atoms with Crippen molar-refractivity contribution in [2.75, 3.05) is 92.8 Å². The van der Waals surface area contributed by atoms with Gasteiger partial charge in [0.15, 0.2) is 0 Å². The van der Waals surface area contributed by atoms with E-state index in [9.17, 15) is 37.8 Å². The fraction of sp³-hybridized carbons (Fsp3) is 0.381. The summed E-state index contributed by atoms with van der Waals surface area (Å²) in [5.74, 6) is -3.49. The summed E-state index contributed by atoms with van der Waals surface area (Å²) in [5, 5.41) is 64.5. The number of hydrogen-bond acceptors (Lipinski definition) is 21. The quantitative estimate of drug-likeness (QED) is 0.0443. The molecule has 7 heterocycles. The van der Waals surface area contributed by atoms with Crippen LogP contribution in [0, 0.1) is 34.6 Å². The average molecular weight is 1820 g/mol. The summed E-state index contributed by atoms with van der Waals surface area (Å²) in [6.45, 7) is 19.8. The molecule has 27 nitrogen and oxygen atoms in total. The van der Waals surface area contributed by atoms with Crippen molar-refractivity contribution in [3.05, 3.63) is 225 Å². The van der Waals surface area contributed by atoms with Gasteiger partial charge in [-0.25, -0.2) is 33.6 Å². The van der Waals surface area contributed by atoms with E-state index in [1.165, 1.54) is 38.2 Å². The standard InChI is InChI=1S/C25H29ClN4O4.C23H25ClN4O4.C15H17ClN4O3.C12H16ClNO.C7H6BrCl.C2HF3O2/c1-4-33-25(31)23-24(30(28-27-23)16-18-6-9-20(32-3)10-7-18)34-21-11-13-29(14-12-21)22-15-19(26)8-5-17(22)2;1-15-3-6-17(24)13-20(15)27-11-9-19(10-12-27)32-22-21(23(29)30)25-26-28(22)14-16-4-7-18(31-2)8-5-16;1-9-2-3-10(16)8-12(9)20-6-4-11(5-7-20)23-14-13(15(21)22)17-19-18-14;1-9-2-3-10(13)8-12(9)14-6-4-11(15)5-7-14;1-5-2-3-6(9)4-7(5)8;3-2(4,5)1(6)7/h5-10,15,21H,4,11-14,16H2,1-3H3;3-8,13,19H,9-12,14H2,1-2H3,(H,29,30);2-3,8,11H,4-7H2,1H3,(H,21,22)(H,17,18,19);2-3,8,11,15H,4-7H2,1H3;2-4H,1H3;(H,6,7). The van der Waals surface area contributed by atoms with Gasteiger partial charge in [-0.1, -0.05) is 149 Å². The number of aliphatic hydroxyl groups excluding tert-OH is 1. The van der Waals surface area contributed by atoms with Gasteiger partial charge >= 0.3 is 30.1 Å². The second-order valence-electron chi connectivity index (χ2n) is 28.4. The Morgan fingerprint density at radius 2 is 0.808 bits per heavy atom. The molecule has 7 aromatic carbocycles. The van der Waals surface area contributed by atoms with Crippen LogP contribution >= 0.6 is 73.9 Å². The van der Waals surface area contributed by atoms with E-state index >= 15 is 0 Å². The van der Waals surface area contributed by atoms with Crippen LogP contribution in [0.1, 0.15) is 129 Å². The number of benzene rings is 7. The number of aromatic amines is 1. The van der Waals surface area contributed by atoms with Crippen molar-refractivity contribution >= 4 is 121 Å². The summed E-state index contributed by atoms with van der Waals surface area (Å²) in [4.78, 5) is 53.3. The van der Waals surface area contributed by atoms with Gasteiger partial charge in [-0.05, 0) is 178 Å². The Kier molecular flexibility index (Phi) is 35.0. The zero-order valence-electron chi connectivity index (χ0n) is 67.2. The first-order valence-electron chi connectivity index (χ1n) is 38.4. The van der Waals surface area contributed by atoms with Crippen LogP contribution in [0.5, 0.6) is 29.1 Å². The summed E-state index contributed by atoms with van der Waals surface area (Å²) in [6, 6.07) is 44.5. The van der Waals surface area contributed by atoms with E-state index < -0.39 is 30.1 Å². The van der Waals surface area contributed by atoms with Gasteiger partial charge in [-0.15, -0.1) is 10.2 Å². The molecule has 0 aliphatic carbocycles. The molecule has 120 heavy (non-hydrogen) atoms. The second-order valence-corrected chi connectivity index (χ2v) is 31.4. The summed E-state index contributed by atoms with van der Waals surface area (Å²) in [5.41, 5.74) is 12.3. The molecule has 4 saturated heterocycles. The second kappa shape index (κ2) is 44.8. The number of carboxylic acids is 3. The number of aromatic nitrogens is 9. The van der Waals surface area contributed by atoms with Gasteiger partial charge in [0.1, 0.15) is 29.8 Å². The number of H-pyrrole nitrogens is 1.